The summed E-state index contributed by atoms with van der Waals surface area (Å²) in [5, 5.41) is 0. The van der Waals surface area contributed by atoms with Gasteiger partial charge in [0.2, 0.25) is 11.8 Å². The maximum absolute atomic E-state index is 13.8. The highest BCUT2D eigenvalue weighted by Gasteiger charge is 2.29. The first-order chi connectivity index (χ1) is 12.5. The van der Waals surface area contributed by atoms with Gasteiger partial charge in [-0.1, -0.05) is 36.4 Å². The van der Waals surface area contributed by atoms with Crippen molar-refractivity contribution in [1.82, 2.24) is 4.90 Å². The minimum atomic E-state index is -0.347. The highest BCUT2D eigenvalue weighted by atomic mass is 19.1. The van der Waals surface area contributed by atoms with E-state index in [1.165, 1.54) is 11.0 Å². The van der Waals surface area contributed by atoms with Crippen molar-refractivity contribution in [3.63, 3.8) is 0 Å². The zero-order valence-electron chi connectivity index (χ0n) is 14.7. The van der Waals surface area contributed by atoms with Gasteiger partial charge in [0, 0.05) is 31.4 Å². The van der Waals surface area contributed by atoms with Crippen LogP contribution in [0.5, 0.6) is 0 Å². The number of nitrogens with zero attached hydrogens (tertiary/aromatic N) is 2. The number of benzene rings is 2. The summed E-state index contributed by atoms with van der Waals surface area (Å²) in [6, 6.07) is 14.0. The Kier molecular flexibility index (Phi) is 5.21. The highest BCUT2D eigenvalue weighted by Crippen LogP contribution is 2.34. The standard InChI is InChI=1S/C20H22FN3O2/c1-23(12-14-6-2-4-8-17(14)21)19(25)13-24-11-10-16(20(22)26)15-7-3-5-9-18(15)24/h2-9,16H,10-13H2,1H3,(H2,22,26). The van der Waals surface area contributed by atoms with Gasteiger partial charge in [-0.15, -0.1) is 0 Å². The number of primary amides is 1. The largest absolute Gasteiger partial charge is 0.369 e. The molecule has 1 unspecified atom stereocenters. The van der Waals surface area contributed by atoms with Gasteiger partial charge in [-0.05, 0) is 24.1 Å². The molecule has 0 saturated heterocycles. The third kappa shape index (κ3) is 3.69. The molecule has 1 heterocycles. The van der Waals surface area contributed by atoms with Crippen LogP contribution < -0.4 is 10.6 Å². The minimum absolute atomic E-state index is 0.111. The number of carbonyl (C=O) groups excluding carboxylic acids is 2. The van der Waals surface area contributed by atoms with E-state index in [1.54, 1.807) is 25.2 Å². The molecule has 2 amide bonds. The van der Waals surface area contributed by atoms with Crippen molar-refractivity contribution in [2.45, 2.75) is 18.9 Å². The van der Waals surface area contributed by atoms with Crippen LogP contribution in [0.25, 0.3) is 0 Å². The fraction of sp³-hybridized carbons (Fsp3) is 0.300. The number of hydrogen-bond donors (Lipinski definition) is 1. The Morgan fingerprint density at radius 2 is 1.88 bits per heavy atom. The lowest BCUT2D eigenvalue weighted by atomic mass is 9.89. The molecule has 3 rings (SSSR count). The maximum atomic E-state index is 13.8. The number of para-hydroxylation sites is 1. The van der Waals surface area contributed by atoms with Crippen molar-refractivity contribution < 1.29 is 14.0 Å². The molecule has 1 atom stereocenters. The van der Waals surface area contributed by atoms with Gasteiger partial charge in [-0.3, -0.25) is 9.59 Å². The van der Waals surface area contributed by atoms with Gasteiger partial charge in [-0.2, -0.15) is 0 Å². The Morgan fingerprint density at radius 3 is 2.62 bits per heavy atom. The molecule has 1 aliphatic heterocycles. The van der Waals surface area contributed by atoms with Gasteiger partial charge in [0.15, 0.2) is 0 Å². The lowest BCUT2D eigenvalue weighted by Crippen LogP contribution is -2.42. The number of fused-ring (bicyclic) bond motifs is 1. The summed E-state index contributed by atoms with van der Waals surface area (Å²) in [5.41, 5.74) is 7.71. The molecule has 26 heavy (non-hydrogen) atoms. The summed E-state index contributed by atoms with van der Waals surface area (Å²) in [5.74, 6) is -1.10. The van der Waals surface area contributed by atoms with Crippen molar-refractivity contribution in [3.05, 3.63) is 65.5 Å². The van der Waals surface area contributed by atoms with E-state index in [4.69, 9.17) is 5.73 Å². The van der Waals surface area contributed by atoms with Gasteiger partial charge >= 0.3 is 0 Å². The lowest BCUT2D eigenvalue weighted by molar-refractivity contribution is -0.129. The first kappa shape index (κ1) is 17.9. The fourth-order valence-corrected chi connectivity index (χ4v) is 3.35. The van der Waals surface area contributed by atoms with Crippen LogP contribution >= 0.6 is 0 Å². The van der Waals surface area contributed by atoms with Crippen LogP contribution in [0.2, 0.25) is 0 Å². The van der Waals surface area contributed by atoms with Crippen LogP contribution in [0.4, 0.5) is 10.1 Å². The number of anilines is 1. The van der Waals surface area contributed by atoms with E-state index in [0.29, 0.717) is 18.5 Å². The second-order valence-electron chi connectivity index (χ2n) is 6.57. The highest BCUT2D eigenvalue weighted by molar-refractivity contribution is 5.87. The molecular formula is C20H22FN3O2. The third-order valence-electron chi connectivity index (χ3n) is 4.80. The van der Waals surface area contributed by atoms with Crippen molar-refractivity contribution in [1.29, 1.82) is 0 Å². The number of halogens is 1. The van der Waals surface area contributed by atoms with Crippen LogP contribution in [0.3, 0.4) is 0 Å². The second kappa shape index (κ2) is 7.56. The average molecular weight is 355 g/mol. The van der Waals surface area contributed by atoms with E-state index in [-0.39, 0.29) is 36.6 Å². The van der Waals surface area contributed by atoms with Crippen molar-refractivity contribution in [2.75, 3.05) is 25.0 Å². The normalized spacial score (nSPS) is 16.1. The summed E-state index contributed by atoms with van der Waals surface area (Å²) in [6.45, 7) is 0.961. The van der Waals surface area contributed by atoms with Gasteiger partial charge in [0.05, 0.1) is 12.5 Å². The number of amides is 2. The molecule has 2 N–H and O–H groups in total. The molecule has 0 aliphatic carbocycles. The Labute approximate surface area is 152 Å². The lowest BCUT2D eigenvalue weighted by Gasteiger charge is -2.35. The number of likely N-dealkylation sites (N-methyl/N-ethyl adjacent to an activating group) is 1. The fourth-order valence-electron chi connectivity index (χ4n) is 3.35. The first-order valence-electron chi connectivity index (χ1n) is 8.58. The Morgan fingerprint density at radius 1 is 1.19 bits per heavy atom. The van der Waals surface area contributed by atoms with Crippen molar-refractivity contribution in [2.24, 2.45) is 5.73 Å². The number of hydrogen-bond acceptors (Lipinski definition) is 3. The topological polar surface area (TPSA) is 66.6 Å². The molecule has 0 aromatic heterocycles. The third-order valence-corrected chi connectivity index (χ3v) is 4.80. The predicted octanol–water partition coefficient (Wildman–Crippen LogP) is 2.26. The van der Waals surface area contributed by atoms with Crippen LogP contribution in [0.15, 0.2) is 48.5 Å². The smallest absolute Gasteiger partial charge is 0.242 e. The van der Waals surface area contributed by atoms with E-state index in [0.717, 1.165) is 11.3 Å². The Balaban J connectivity index is 1.72. The molecule has 0 bridgehead atoms. The zero-order chi connectivity index (χ0) is 18.7. The number of rotatable bonds is 5. The van der Waals surface area contributed by atoms with Crippen molar-refractivity contribution >= 4 is 17.5 Å². The molecule has 0 fully saturated rings. The SMILES string of the molecule is CN(Cc1ccccc1F)C(=O)CN1CCC(C(N)=O)c2ccccc21. The van der Waals surface area contributed by atoms with Crippen LogP contribution in [0.1, 0.15) is 23.5 Å². The van der Waals surface area contributed by atoms with Crippen molar-refractivity contribution in [3.8, 4) is 0 Å². The average Bonchev–Trinajstić information content (AvgIpc) is 2.63. The number of carbonyl (C=O) groups is 2. The molecule has 136 valence electrons. The zero-order valence-corrected chi connectivity index (χ0v) is 14.7. The molecule has 2 aromatic carbocycles. The minimum Gasteiger partial charge on any atom is -0.369 e. The molecular weight excluding hydrogens is 333 g/mol. The van der Waals surface area contributed by atoms with Crippen LogP contribution in [0, 0.1) is 5.82 Å². The quantitative estimate of drug-likeness (QED) is 0.895. The molecule has 5 nitrogen and oxygen atoms in total. The monoisotopic (exact) mass is 355 g/mol. The summed E-state index contributed by atoms with van der Waals surface area (Å²) in [6.07, 6.45) is 0.580. The molecule has 6 heteroatoms. The van der Waals surface area contributed by atoms with Gasteiger partial charge in [0.1, 0.15) is 5.82 Å². The maximum Gasteiger partial charge on any atom is 0.242 e. The van der Waals surface area contributed by atoms with E-state index < -0.39 is 0 Å². The molecule has 1 aliphatic rings. The number of nitrogens with two attached hydrogens (primary N) is 1. The summed E-state index contributed by atoms with van der Waals surface area (Å²) < 4.78 is 13.8. The van der Waals surface area contributed by atoms with E-state index in [9.17, 15) is 14.0 Å². The second-order valence-corrected chi connectivity index (χ2v) is 6.57. The van der Waals surface area contributed by atoms with E-state index in [2.05, 4.69) is 0 Å². The Bertz CT molecular complexity index is 824. The summed E-state index contributed by atoms with van der Waals surface area (Å²) >= 11 is 0. The first-order valence-corrected chi connectivity index (χ1v) is 8.58. The summed E-state index contributed by atoms with van der Waals surface area (Å²) in [7, 11) is 1.66. The van der Waals surface area contributed by atoms with Crippen LogP contribution in [-0.2, 0) is 16.1 Å². The molecule has 0 saturated carbocycles. The predicted molar refractivity (Wildman–Crippen MR) is 98.1 cm³/mol. The van der Waals surface area contributed by atoms with Gasteiger partial charge in [0.25, 0.3) is 0 Å². The van der Waals surface area contributed by atoms with E-state index in [1.807, 2.05) is 29.2 Å². The van der Waals surface area contributed by atoms with E-state index >= 15 is 0 Å². The molecule has 2 aromatic rings. The summed E-state index contributed by atoms with van der Waals surface area (Å²) in [4.78, 5) is 27.8. The van der Waals surface area contributed by atoms with Crippen LogP contribution in [-0.4, -0.2) is 36.9 Å². The van der Waals surface area contributed by atoms with Gasteiger partial charge < -0.3 is 15.5 Å². The Hall–Kier alpha value is -2.89. The molecule has 0 radical (unpaired) electrons. The van der Waals surface area contributed by atoms with Gasteiger partial charge in [-0.25, -0.2) is 4.39 Å². The molecule has 0 spiro atoms.